The number of hydrogen-bond donors (Lipinski definition) is 2. The van der Waals surface area contributed by atoms with Gasteiger partial charge in [0.05, 0.1) is 13.1 Å². The van der Waals surface area contributed by atoms with Gasteiger partial charge in [0.25, 0.3) is 0 Å². The number of unbranched alkanes of at least 4 members (excludes halogenated alkanes) is 2. The lowest BCUT2D eigenvalue weighted by atomic mass is 10.2. The van der Waals surface area contributed by atoms with Crippen LogP contribution in [0.5, 0.6) is 0 Å². The number of anilines is 1. The Morgan fingerprint density at radius 3 is 2.12 bits per heavy atom. The zero-order chi connectivity index (χ0) is 18.8. The number of rotatable bonds is 9. The SMILES string of the molecule is CCCCCNC(=O)CN1CCN(CC(=O)Nc2ccc(F)cc2)CC1. The van der Waals surface area contributed by atoms with E-state index < -0.39 is 0 Å². The summed E-state index contributed by atoms with van der Waals surface area (Å²) in [7, 11) is 0. The van der Waals surface area contributed by atoms with Crippen LogP contribution in [0.4, 0.5) is 10.1 Å². The predicted molar refractivity (Wildman–Crippen MR) is 100 cm³/mol. The molecule has 1 aliphatic heterocycles. The smallest absolute Gasteiger partial charge is 0.238 e. The average molecular weight is 364 g/mol. The van der Waals surface area contributed by atoms with Gasteiger partial charge in [-0.1, -0.05) is 19.8 Å². The van der Waals surface area contributed by atoms with Gasteiger partial charge in [-0.25, -0.2) is 4.39 Å². The van der Waals surface area contributed by atoms with Gasteiger partial charge in [0, 0.05) is 38.4 Å². The van der Waals surface area contributed by atoms with Crippen LogP contribution in [0.15, 0.2) is 24.3 Å². The number of nitrogens with one attached hydrogen (secondary N) is 2. The van der Waals surface area contributed by atoms with Crippen LogP contribution in [0.3, 0.4) is 0 Å². The highest BCUT2D eigenvalue weighted by atomic mass is 19.1. The fourth-order valence-corrected chi connectivity index (χ4v) is 2.90. The van der Waals surface area contributed by atoms with Gasteiger partial charge in [0.15, 0.2) is 0 Å². The highest BCUT2D eigenvalue weighted by Gasteiger charge is 2.20. The first-order valence-corrected chi connectivity index (χ1v) is 9.33. The summed E-state index contributed by atoms with van der Waals surface area (Å²) in [6.45, 7) is 6.64. The zero-order valence-corrected chi connectivity index (χ0v) is 15.5. The van der Waals surface area contributed by atoms with Gasteiger partial charge >= 0.3 is 0 Å². The van der Waals surface area contributed by atoms with Crippen LogP contribution in [0, 0.1) is 5.82 Å². The Kier molecular flexibility index (Phi) is 8.50. The van der Waals surface area contributed by atoms with E-state index in [0.29, 0.717) is 18.8 Å². The highest BCUT2D eigenvalue weighted by Crippen LogP contribution is 2.08. The second kappa shape index (κ2) is 10.9. The number of piperazine rings is 1. The molecule has 6 nitrogen and oxygen atoms in total. The first-order valence-electron chi connectivity index (χ1n) is 9.33. The molecule has 2 N–H and O–H groups in total. The molecule has 144 valence electrons. The third-order valence-corrected chi connectivity index (χ3v) is 4.43. The number of amides is 2. The maximum absolute atomic E-state index is 12.9. The number of hydrogen-bond acceptors (Lipinski definition) is 4. The molecule has 1 aliphatic rings. The normalized spacial score (nSPS) is 15.6. The molecule has 1 aromatic carbocycles. The van der Waals surface area contributed by atoms with E-state index in [1.807, 2.05) is 0 Å². The van der Waals surface area contributed by atoms with Crippen molar-refractivity contribution in [3.63, 3.8) is 0 Å². The first-order chi connectivity index (χ1) is 12.6. The van der Waals surface area contributed by atoms with Crippen LogP contribution >= 0.6 is 0 Å². The van der Waals surface area contributed by atoms with Crippen molar-refractivity contribution in [3.05, 3.63) is 30.1 Å². The number of carbonyl (C=O) groups is 2. The minimum Gasteiger partial charge on any atom is -0.355 e. The van der Waals surface area contributed by atoms with Crippen molar-refractivity contribution in [3.8, 4) is 0 Å². The predicted octanol–water partition coefficient (Wildman–Crippen LogP) is 1.69. The summed E-state index contributed by atoms with van der Waals surface area (Å²) in [4.78, 5) is 28.2. The van der Waals surface area contributed by atoms with Crippen molar-refractivity contribution in [1.82, 2.24) is 15.1 Å². The number of carbonyl (C=O) groups excluding carboxylic acids is 2. The Morgan fingerprint density at radius 1 is 0.962 bits per heavy atom. The number of benzene rings is 1. The van der Waals surface area contributed by atoms with Crippen molar-refractivity contribution in [1.29, 1.82) is 0 Å². The molecular weight excluding hydrogens is 335 g/mol. The second-order valence-corrected chi connectivity index (χ2v) is 6.66. The Hall–Kier alpha value is -1.99. The maximum Gasteiger partial charge on any atom is 0.238 e. The molecule has 0 spiro atoms. The van der Waals surface area contributed by atoms with Crippen LogP contribution in [0.1, 0.15) is 26.2 Å². The van der Waals surface area contributed by atoms with Crippen LogP contribution in [0.2, 0.25) is 0 Å². The Morgan fingerprint density at radius 2 is 1.54 bits per heavy atom. The van der Waals surface area contributed by atoms with Crippen LogP contribution in [0.25, 0.3) is 0 Å². The Balaban J connectivity index is 1.62. The molecule has 1 aromatic rings. The van der Waals surface area contributed by atoms with Gasteiger partial charge in [0.2, 0.25) is 11.8 Å². The van der Waals surface area contributed by atoms with Gasteiger partial charge < -0.3 is 10.6 Å². The average Bonchev–Trinajstić information content (AvgIpc) is 2.62. The molecule has 0 radical (unpaired) electrons. The van der Waals surface area contributed by atoms with Crippen molar-refractivity contribution in [2.75, 3.05) is 51.1 Å². The van der Waals surface area contributed by atoms with E-state index in [0.717, 1.165) is 52.0 Å². The molecule has 0 saturated carbocycles. The molecule has 1 heterocycles. The molecule has 1 fully saturated rings. The van der Waals surface area contributed by atoms with E-state index in [9.17, 15) is 14.0 Å². The minimum absolute atomic E-state index is 0.0728. The molecular formula is C19H29FN4O2. The lowest BCUT2D eigenvalue weighted by Gasteiger charge is -2.33. The third kappa shape index (κ3) is 7.49. The van der Waals surface area contributed by atoms with Crippen molar-refractivity contribution in [2.45, 2.75) is 26.2 Å². The van der Waals surface area contributed by atoms with Gasteiger partial charge in [-0.05, 0) is 30.7 Å². The third-order valence-electron chi connectivity index (χ3n) is 4.43. The molecule has 0 atom stereocenters. The summed E-state index contributed by atoms with van der Waals surface area (Å²) in [6.07, 6.45) is 3.31. The lowest BCUT2D eigenvalue weighted by molar-refractivity contribution is -0.123. The molecule has 1 saturated heterocycles. The van der Waals surface area contributed by atoms with E-state index in [-0.39, 0.29) is 17.6 Å². The van der Waals surface area contributed by atoms with Gasteiger partial charge in [0.1, 0.15) is 5.82 Å². The number of halogens is 1. The van der Waals surface area contributed by atoms with Crippen molar-refractivity contribution >= 4 is 17.5 Å². The maximum atomic E-state index is 12.9. The van der Waals surface area contributed by atoms with E-state index in [1.165, 1.54) is 12.1 Å². The van der Waals surface area contributed by atoms with Crippen LogP contribution in [-0.4, -0.2) is 67.4 Å². The molecule has 26 heavy (non-hydrogen) atoms. The minimum atomic E-state index is -0.325. The molecule has 0 aromatic heterocycles. The monoisotopic (exact) mass is 364 g/mol. The summed E-state index contributed by atoms with van der Waals surface area (Å²) in [5, 5.41) is 5.72. The van der Waals surface area contributed by atoms with E-state index in [2.05, 4.69) is 27.4 Å². The lowest BCUT2D eigenvalue weighted by Crippen LogP contribution is -2.51. The summed E-state index contributed by atoms with van der Waals surface area (Å²) < 4.78 is 12.9. The van der Waals surface area contributed by atoms with Gasteiger partial charge in [-0.2, -0.15) is 0 Å². The summed E-state index contributed by atoms with van der Waals surface area (Å²) in [6, 6.07) is 5.73. The van der Waals surface area contributed by atoms with E-state index in [4.69, 9.17) is 0 Å². The fraction of sp³-hybridized carbons (Fsp3) is 0.579. The van der Waals surface area contributed by atoms with Crippen LogP contribution in [-0.2, 0) is 9.59 Å². The van der Waals surface area contributed by atoms with Gasteiger partial charge in [-0.3, -0.25) is 19.4 Å². The molecule has 0 aliphatic carbocycles. The molecule has 2 amide bonds. The molecule has 2 rings (SSSR count). The largest absolute Gasteiger partial charge is 0.355 e. The van der Waals surface area contributed by atoms with Gasteiger partial charge in [-0.15, -0.1) is 0 Å². The first kappa shape index (κ1) is 20.3. The second-order valence-electron chi connectivity index (χ2n) is 6.66. The summed E-state index contributed by atoms with van der Waals surface area (Å²) in [5.74, 6) is -0.365. The Labute approximate surface area is 154 Å². The zero-order valence-electron chi connectivity index (χ0n) is 15.5. The fourth-order valence-electron chi connectivity index (χ4n) is 2.90. The Bertz CT molecular complexity index is 571. The molecule has 0 unspecified atom stereocenters. The topological polar surface area (TPSA) is 64.7 Å². The molecule has 7 heteroatoms. The molecule has 0 bridgehead atoms. The highest BCUT2D eigenvalue weighted by molar-refractivity contribution is 5.92. The van der Waals surface area contributed by atoms with Crippen molar-refractivity contribution in [2.24, 2.45) is 0 Å². The van der Waals surface area contributed by atoms with Crippen LogP contribution < -0.4 is 10.6 Å². The van der Waals surface area contributed by atoms with E-state index >= 15 is 0 Å². The number of nitrogens with zero attached hydrogens (tertiary/aromatic N) is 2. The van der Waals surface area contributed by atoms with E-state index in [1.54, 1.807) is 12.1 Å². The van der Waals surface area contributed by atoms with Crippen molar-refractivity contribution < 1.29 is 14.0 Å². The summed E-state index contributed by atoms with van der Waals surface area (Å²) in [5.41, 5.74) is 0.592. The standard InChI is InChI=1S/C19H29FN4O2/c1-2-3-4-9-21-18(25)14-23-10-12-24(13-11-23)15-19(26)22-17-7-5-16(20)6-8-17/h5-8H,2-4,9-15H2,1H3,(H,21,25)(H,22,26). The quantitative estimate of drug-likeness (QED) is 0.655. The summed E-state index contributed by atoms with van der Waals surface area (Å²) >= 11 is 0.